The van der Waals surface area contributed by atoms with Crippen molar-refractivity contribution < 1.29 is 23.7 Å². The monoisotopic (exact) mass is 443 g/mol. The van der Waals surface area contributed by atoms with E-state index in [4.69, 9.17) is 31.2 Å². The molecule has 1 heterocycles. The summed E-state index contributed by atoms with van der Waals surface area (Å²) >= 11 is 5.34. The second-order valence-corrected chi connectivity index (χ2v) is 7.11. The molecule has 2 aromatic rings. The fourth-order valence-electron chi connectivity index (χ4n) is 3.39. The molecule has 3 rings (SSSR count). The maximum Gasteiger partial charge on any atom is 0.255 e. The summed E-state index contributed by atoms with van der Waals surface area (Å²) in [5.41, 5.74) is 2.32. The second-order valence-electron chi connectivity index (χ2n) is 6.70. The molecular formula is C22H25N3O5S. The number of hydrogen-bond acceptors (Lipinski definition) is 6. The van der Waals surface area contributed by atoms with Crippen molar-refractivity contribution in [1.29, 1.82) is 0 Å². The molecule has 1 aliphatic heterocycles. The van der Waals surface area contributed by atoms with E-state index in [1.165, 1.54) is 7.11 Å². The number of nitrogens with one attached hydrogen (secondary N) is 3. The number of amides is 1. The summed E-state index contributed by atoms with van der Waals surface area (Å²) in [6, 6.07) is 10.1. The molecule has 0 fully saturated rings. The Morgan fingerprint density at radius 3 is 2.23 bits per heavy atom. The molecule has 9 heteroatoms. The molecule has 31 heavy (non-hydrogen) atoms. The van der Waals surface area contributed by atoms with Crippen LogP contribution in [0.5, 0.6) is 23.0 Å². The first kappa shape index (κ1) is 22.2. The van der Waals surface area contributed by atoms with Crippen LogP contribution in [0.15, 0.2) is 47.7 Å². The Morgan fingerprint density at radius 2 is 1.58 bits per heavy atom. The molecular weight excluding hydrogens is 418 g/mol. The molecule has 0 saturated carbocycles. The normalized spacial score (nSPS) is 15.5. The number of thiocarbonyl (C=S) groups is 1. The highest BCUT2D eigenvalue weighted by atomic mass is 32.1. The average molecular weight is 444 g/mol. The van der Waals surface area contributed by atoms with Gasteiger partial charge >= 0.3 is 0 Å². The van der Waals surface area contributed by atoms with E-state index in [1.807, 2.05) is 6.07 Å². The van der Waals surface area contributed by atoms with Gasteiger partial charge in [0.2, 0.25) is 0 Å². The summed E-state index contributed by atoms with van der Waals surface area (Å²) < 4.78 is 21.5. The lowest BCUT2D eigenvalue weighted by Gasteiger charge is -2.31. The van der Waals surface area contributed by atoms with Crippen LogP contribution < -0.4 is 34.9 Å². The zero-order chi connectivity index (χ0) is 22.5. The van der Waals surface area contributed by atoms with E-state index in [0.29, 0.717) is 45.1 Å². The number of anilines is 1. The minimum Gasteiger partial charge on any atom is -0.497 e. The second kappa shape index (κ2) is 9.57. The van der Waals surface area contributed by atoms with Gasteiger partial charge in [-0.25, -0.2) is 0 Å². The van der Waals surface area contributed by atoms with Crippen molar-refractivity contribution in [1.82, 2.24) is 10.6 Å². The van der Waals surface area contributed by atoms with Crippen LogP contribution in [0.2, 0.25) is 0 Å². The van der Waals surface area contributed by atoms with E-state index in [-0.39, 0.29) is 5.91 Å². The van der Waals surface area contributed by atoms with Gasteiger partial charge in [0.25, 0.3) is 5.91 Å². The van der Waals surface area contributed by atoms with Gasteiger partial charge in [0, 0.05) is 23.4 Å². The lowest BCUT2D eigenvalue weighted by molar-refractivity contribution is -0.113. The first-order valence-corrected chi connectivity index (χ1v) is 9.86. The molecule has 0 saturated heterocycles. The molecule has 1 aliphatic rings. The molecule has 0 aromatic heterocycles. The Balaban J connectivity index is 2.02. The fourth-order valence-corrected chi connectivity index (χ4v) is 3.66. The van der Waals surface area contributed by atoms with Crippen molar-refractivity contribution >= 4 is 28.9 Å². The van der Waals surface area contributed by atoms with Gasteiger partial charge in [-0.2, -0.15) is 0 Å². The predicted octanol–water partition coefficient (Wildman–Crippen LogP) is 3.15. The van der Waals surface area contributed by atoms with Gasteiger partial charge in [0.1, 0.15) is 23.0 Å². The number of carbonyl (C=O) groups is 1. The zero-order valence-electron chi connectivity index (χ0n) is 18.0. The standard InChI is InChI=1S/C22H25N3O5S/c1-12-19(21(26)24-16-10-13(27-2)7-9-17(16)29-4)20(25-22(31)23-12)15-8-6-14(28-3)11-18(15)30-5/h6-11,20H,1-5H3,(H,24,26)(H2,23,25,31)/t20-/m1/s1. The third-order valence-electron chi connectivity index (χ3n) is 4.92. The van der Waals surface area contributed by atoms with Gasteiger partial charge in [-0.15, -0.1) is 0 Å². The summed E-state index contributed by atoms with van der Waals surface area (Å²) in [6.07, 6.45) is 0. The highest BCUT2D eigenvalue weighted by molar-refractivity contribution is 7.80. The predicted molar refractivity (Wildman–Crippen MR) is 122 cm³/mol. The minimum absolute atomic E-state index is 0.325. The molecule has 3 N–H and O–H groups in total. The van der Waals surface area contributed by atoms with Crippen molar-refractivity contribution in [2.75, 3.05) is 33.8 Å². The van der Waals surface area contributed by atoms with Crippen molar-refractivity contribution in [3.8, 4) is 23.0 Å². The first-order valence-electron chi connectivity index (χ1n) is 9.45. The summed E-state index contributed by atoms with van der Waals surface area (Å²) in [5.74, 6) is 1.99. The SMILES string of the molecule is COc1ccc(OC)c(NC(=O)C2=C(C)NC(=S)N[C@@H]2c2ccc(OC)cc2OC)c1. The molecule has 0 radical (unpaired) electrons. The number of benzene rings is 2. The first-order chi connectivity index (χ1) is 14.9. The summed E-state index contributed by atoms with van der Waals surface area (Å²) in [6.45, 7) is 1.80. The van der Waals surface area contributed by atoms with Crippen LogP contribution in [0, 0.1) is 0 Å². The highest BCUT2D eigenvalue weighted by Gasteiger charge is 2.32. The third-order valence-corrected chi connectivity index (χ3v) is 5.14. The number of rotatable bonds is 7. The van der Waals surface area contributed by atoms with Crippen LogP contribution in [-0.4, -0.2) is 39.5 Å². The molecule has 1 amide bonds. The third kappa shape index (κ3) is 4.66. The van der Waals surface area contributed by atoms with Gasteiger partial charge < -0.3 is 34.9 Å². The van der Waals surface area contributed by atoms with Crippen LogP contribution in [0.4, 0.5) is 5.69 Å². The minimum atomic E-state index is -0.536. The lowest BCUT2D eigenvalue weighted by atomic mass is 9.94. The van der Waals surface area contributed by atoms with Gasteiger partial charge in [-0.3, -0.25) is 4.79 Å². The smallest absolute Gasteiger partial charge is 0.255 e. The van der Waals surface area contributed by atoms with Crippen LogP contribution in [-0.2, 0) is 4.79 Å². The van der Waals surface area contributed by atoms with Crippen molar-refractivity contribution in [2.45, 2.75) is 13.0 Å². The van der Waals surface area contributed by atoms with E-state index in [2.05, 4.69) is 16.0 Å². The van der Waals surface area contributed by atoms with Crippen molar-refractivity contribution in [3.63, 3.8) is 0 Å². The Hall–Kier alpha value is -3.46. The van der Waals surface area contributed by atoms with Crippen molar-refractivity contribution in [3.05, 3.63) is 53.2 Å². The van der Waals surface area contributed by atoms with E-state index >= 15 is 0 Å². The maximum absolute atomic E-state index is 13.4. The summed E-state index contributed by atoms with van der Waals surface area (Å²) in [5, 5.41) is 9.53. The highest BCUT2D eigenvalue weighted by Crippen LogP contribution is 2.36. The van der Waals surface area contributed by atoms with Crippen LogP contribution in [0.3, 0.4) is 0 Å². The molecule has 164 valence electrons. The zero-order valence-corrected chi connectivity index (χ0v) is 18.8. The number of methoxy groups -OCH3 is 4. The van der Waals surface area contributed by atoms with Crippen LogP contribution in [0.1, 0.15) is 18.5 Å². The molecule has 8 nitrogen and oxygen atoms in total. The number of allylic oxidation sites excluding steroid dienone is 1. The summed E-state index contributed by atoms with van der Waals surface area (Å²) in [4.78, 5) is 13.4. The maximum atomic E-state index is 13.4. The Kier molecular flexibility index (Phi) is 6.86. The molecule has 0 aliphatic carbocycles. The largest absolute Gasteiger partial charge is 0.497 e. The average Bonchev–Trinajstić information content (AvgIpc) is 2.77. The van der Waals surface area contributed by atoms with Gasteiger partial charge in [0.15, 0.2) is 5.11 Å². The number of hydrogen-bond donors (Lipinski definition) is 3. The van der Waals surface area contributed by atoms with Crippen LogP contribution in [0.25, 0.3) is 0 Å². The Labute approximate surface area is 186 Å². The van der Waals surface area contributed by atoms with Crippen LogP contribution >= 0.6 is 12.2 Å². The van der Waals surface area contributed by atoms with E-state index in [9.17, 15) is 4.79 Å². The van der Waals surface area contributed by atoms with E-state index in [0.717, 1.165) is 5.56 Å². The molecule has 0 spiro atoms. The quantitative estimate of drug-likeness (QED) is 0.563. The molecule has 0 unspecified atom stereocenters. The van der Waals surface area contributed by atoms with E-state index < -0.39 is 6.04 Å². The fraction of sp³-hybridized carbons (Fsp3) is 0.273. The topological polar surface area (TPSA) is 90.1 Å². The summed E-state index contributed by atoms with van der Waals surface area (Å²) in [7, 11) is 6.24. The Bertz CT molecular complexity index is 1040. The molecule has 0 bridgehead atoms. The molecule has 1 atom stereocenters. The lowest BCUT2D eigenvalue weighted by Crippen LogP contribution is -2.45. The molecule has 2 aromatic carbocycles. The van der Waals surface area contributed by atoms with Gasteiger partial charge in [0.05, 0.1) is 45.7 Å². The van der Waals surface area contributed by atoms with E-state index in [1.54, 1.807) is 58.6 Å². The van der Waals surface area contributed by atoms with Crippen molar-refractivity contribution in [2.24, 2.45) is 0 Å². The Morgan fingerprint density at radius 1 is 0.935 bits per heavy atom. The van der Waals surface area contributed by atoms with Gasteiger partial charge in [-0.1, -0.05) is 0 Å². The van der Waals surface area contributed by atoms with Gasteiger partial charge in [-0.05, 0) is 43.4 Å². The number of ether oxygens (including phenoxy) is 4. The number of carbonyl (C=O) groups excluding carboxylic acids is 1.